The maximum atomic E-state index is 13.7. The molecule has 0 aliphatic carbocycles. The smallest absolute Gasteiger partial charge is 0.248 e. The number of aromatic nitrogens is 1. The van der Waals surface area contributed by atoms with E-state index in [0.717, 1.165) is 36.1 Å². The van der Waals surface area contributed by atoms with Gasteiger partial charge in [-0.3, -0.25) is 4.79 Å². The highest BCUT2D eigenvalue weighted by Crippen LogP contribution is 2.30. The molecule has 2 aliphatic heterocycles. The van der Waals surface area contributed by atoms with Crippen molar-refractivity contribution in [3.05, 3.63) is 45.8 Å². The molecule has 35 heavy (non-hydrogen) atoms. The van der Waals surface area contributed by atoms with Gasteiger partial charge in [-0.25, -0.2) is 8.42 Å². The molecule has 0 saturated carbocycles. The minimum absolute atomic E-state index is 0.0529. The van der Waals surface area contributed by atoms with Gasteiger partial charge in [-0.05, 0) is 76.1 Å². The van der Waals surface area contributed by atoms with Gasteiger partial charge >= 0.3 is 0 Å². The Morgan fingerprint density at radius 1 is 1.14 bits per heavy atom. The minimum Gasteiger partial charge on any atom is -0.376 e. The number of sulfonamides is 1. The van der Waals surface area contributed by atoms with Gasteiger partial charge in [-0.1, -0.05) is 28.9 Å². The second kappa shape index (κ2) is 10.6. The molecule has 0 radical (unpaired) electrons. The van der Waals surface area contributed by atoms with E-state index >= 15 is 0 Å². The fraction of sp³-hybridized carbons (Fsp3) is 0.538. The first kappa shape index (κ1) is 25.6. The van der Waals surface area contributed by atoms with Gasteiger partial charge in [-0.2, -0.15) is 4.31 Å². The van der Waals surface area contributed by atoms with Gasteiger partial charge in [-0.15, -0.1) is 0 Å². The molecule has 2 aromatic rings. The first-order valence-corrected chi connectivity index (χ1v) is 13.7. The number of ether oxygens (including phenoxy) is 1. The van der Waals surface area contributed by atoms with Crippen LogP contribution in [0.2, 0.25) is 0 Å². The third-order valence-corrected chi connectivity index (χ3v) is 8.88. The highest BCUT2D eigenvalue weighted by molar-refractivity contribution is 7.89. The Morgan fingerprint density at radius 3 is 2.57 bits per heavy atom. The molecule has 4 rings (SSSR count). The predicted octanol–water partition coefficient (Wildman–Crippen LogP) is 3.77. The monoisotopic (exact) mass is 501 g/mol. The normalized spacial score (nSPS) is 21.6. The highest BCUT2D eigenvalue weighted by Gasteiger charge is 2.37. The topological polar surface area (TPSA) is 102 Å². The number of aryl methyl sites for hydroxylation is 4. The zero-order valence-electron chi connectivity index (χ0n) is 21.0. The maximum Gasteiger partial charge on any atom is 0.248 e. The summed E-state index contributed by atoms with van der Waals surface area (Å²) in [5, 5.41) is 6.90. The zero-order chi connectivity index (χ0) is 25.2. The number of piperidine rings is 1. The van der Waals surface area contributed by atoms with Crippen molar-refractivity contribution in [3.63, 3.8) is 0 Å². The summed E-state index contributed by atoms with van der Waals surface area (Å²) < 4.78 is 39.7. The van der Waals surface area contributed by atoms with Crippen LogP contribution in [0.5, 0.6) is 0 Å². The summed E-state index contributed by atoms with van der Waals surface area (Å²) in [7, 11) is -3.89. The van der Waals surface area contributed by atoms with Crippen molar-refractivity contribution in [1.82, 2.24) is 14.8 Å². The number of nitrogens with zero attached hydrogens (tertiary/aromatic N) is 2. The molecule has 2 saturated heterocycles. The summed E-state index contributed by atoms with van der Waals surface area (Å²) in [6.45, 7) is 9.44. The molecule has 1 amide bonds. The molecule has 190 valence electrons. The minimum atomic E-state index is -3.89. The van der Waals surface area contributed by atoms with E-state index in [0.29, 0.717) is 31.6 Å². The second-order valence-electron chi connectivity index (χ2n) is 9.69. The van der Waals surface area contributed by atoms with Crippen LogP contribution >= 0.6 is 0 Å². The van der Waals surface area contributed by atoms with Crippen molar-refractivity contribution in [3.8, 4) is 0 Å². The number of hydrogen-bond acceptors (Lipinski definition) is 6. The Kier molecular flexibility index (Phi) is 7.78. The first-order valence-electron chi connectivity index (χ1n) is 12.3. The van der Waals surface area contributed by atoms with Crippen LogP contribution in [0.4, 0.5) is 0 Å². The number of carbonyl (C=O) groups excluding carboxylic acids is 1. The average Bonchev–Trinajstić information content (AvgIpc) is 3.46. The Bertz CT molecular complexity index is 1190. The van der Waals surface area contributed by atoms with Crippen molar-refractivity contribution in [1.29, 1.82) is 0 Å². The summed E-state index contributed by atoms with van der Waals surface area (Å²) in [5.74, 6) is -0.309. The molecule has 1 aromatic carbocycles. The molecule has 0 unspecified atom stereocenters. The molecule has 0 bridgehead atoms. The van der Waals surface area contributed by atoms with E-state index in [1.54, 1.807) is 13.0 Å². The summed E-state index contributed by atoms with van der Waals surface area (Å²) in [4.78, 5) is 12.8. The lowest BCUT2D eigenvalue weighted by Crippen LogP contribution is -2.46. The van der Waals surface area contributed by atoms with Crippen LogP contribution in [0.1, 0.15) is 59.4 Å². The van der Waals surface area contributed by atoms with Crippen molar-refractivity contribution in [2.75, 3.05) is 26.2 Å². The third-order valence-electron chi connectivity index (χ3n) is 6.85. The molecule has 1 N–H and O–H groups in total. The Balaban J connectivity index is 1.51. The molecule has 8 nitrogen and oxygen atoms in total. The number of amides is 1. The Labute approximate surface area is 207 Å². The van der Waals surface area contributed by atoms with Gasteiger partial charge in [0, 0.05) is 26.2 Å². The fourth-order valence-electron chi connectivity index (χ4n) is 5.08. The predicted molar refractivity (Wildman–Crippen MR) is 134 cm³/mol. The highest BCUT2D eigenvalue weighted by atomic mass is 32.2. The molecule has 9 heteroatoms. The van der Waals surface area contributed by atoms with E-state index in [4.69, 9.17) is 9.26 Å². The van der Waals surface area contributed by atoms with E-state index < -0.39 is 15.9 Å². The Hall–Kier alpha value is -2.49. The van der Waals surface area contributed by atoms with Gasteiger partial charge in [0.25, 0.3) is 0 Å². The maximum absolute atomic E-state index is 13.7. The molecule has 2 aliphatic rings. The van der Waals surface area contributed by atoms with Gasteiger partial charge in [0.1, 0.15) is 5.69 Å². The van der Waals surface area contributed by atoms with Crippen molar-refractivity contribution < 1.29 is 22.5 Å². The van der Waals surface area contributed by atoms with E-state index in [-0.39, 0.29) is 29.2 Å². The summed E-state index contributed by atoms with van der Waals surface area (Å²) >= 11 is 0. The van der Waals surface area contributed by atoms with Crippen molar-refractivity contribution >= 4 is 28.1 Å². The van der Waals surface area contributed by atoms with Gasteiger partial charge < -0.3 is 14.6 Å². The van der Waals surface area contributed by atoms with Crippen LogP contribution in [0.15, 0.2) is 21.6 Å². The molecule has 1 aromatic heterocycles. The second-order valence-corrected chi connectivity index (χ2v) is 11.6. The van der Waals surface area contributed by atoms with E-state index in [9.17, 15) is 13.2 Å². The van der Waals surface area contributed by atoms with Crippen LogP contribution in [-0.2, 0) is 19.6 Å². The number of hydrogen-bond donors (Lipinski definition) is 1. The summed E-state index contributed by atoms with van der Waals surface area (Å²) in [5.41, 5.74) is 4.72. The van der Waals surface area contributed by atoms with Crippen LogP contribution in [-0.4, -0.2) is 56.1 Å². The zero-order valence-corrected chi connectivity index (χ0v) is 21.8. The van der Waals surface area contributed by atoms with Crippen LogP contribution < -0.4 is 5.32 Å². The van der Waals surface area contributed by atoms with Gasteiger partial charge in [0.05, 0.1) is 12.0 Å². The van der Waals surface area contributed by atoms with E-state index in [2.05, 4.69) is 22.6 Å². The number of benzene rings is 1. The van der Waals surface area contributed by atoms with Gasteiger partial charge in [0.15, 0.2) is 10.7 Å². The lowest BCUT2D eigenvalue weighted by Gasteiger charge is -2.31. The van der Waals surface area contributed by atoms with Crippen LogP contribution in [0.25, 0.3) is 12.2 Å². The number of nitrogens with one attached hydrogen (secondary N) is 1. The lowest BCUT2D eigenvalue weighted by molar-refractivity contribution is -0.126. The molecular formula is C26H35N3O5S. The van der Waals surface area contributed by atoms with Gasteiger partial charge in [0.2, 0.25) is 15.9 Å². The number of rotatable bonds is 7. The standard InChI is InChI=1S/C26H35N3O5S/c1-17-13-18(2)23(19(3)14-17)9-10-24-25(20(4)28-34-24)35(31,32)29-11-5-7-21(16-29)26(30)27-15-22-8-6-12-33-22/h9-10,13-14,21-22H,5-8,11-12,15-16H2,1-4H3,(H,27,30)/b10-9+/t21-,22+/m1/s1. The first-order chi connectivity index (χ1) is 16.7. The van der Waals surface area contributed by atoms with Crippen molar-refractivity contribution in [2.45, 2.75) is 64.4 Å². The summed E-state index contributed by atoms with van der Waals surface area (Å²) in [6, 6.07) is 4.18. The molecule has 2 atom stereocenters. The lowest BCUT2D eigenvalue weighted by atomic mass is 9.99. The van der Waals surface area contributed by atoms with Crippen LogP contribution in [0.3, 0.4) is 0 Å². The number of carbonyl (C=O) groups is 1. The average molecular weight is 502 g/mol. The molecule has 3 heterocycles. The van der Waals surface area contributed by atoms with E-state index in [1.807, 2.05) is 26.8 Å². The molecular weight excluding hydrogens is 466 g/mol. The largest absolute Gasteiger partial charge is 0.376 e. The van der Waals surface area contributed by atoms with Crippen molar-refractivity contribution in [2.24, 2.45) is 5.92 Å². The molecule has 0 spiro atoms. The third kappa shape index (κ3) is 5.68. The SMILES string of the molecule is Cc1cc(C)c(/C=C/c2onc(C)c2S(=O)(=O)N2CCC[C@@H](C(=O)NC[C@@H]3CCCO3)C2)c(C)c1. The fourth-order valence-corrected chi connectivity index (χ4v) is 6.85. The Morgan fingerprint density at radius 2 is 1.89 bits per heavy atom. The quantitative estimate of drug-likeness (QED) is 0.620. The van der Waals surface area contributed by atoms with E-state index in [1.165, 1.54) is 9.87 Å². The molecule has 2 fully saturated rings. The summed E-state index contributed by atoms with van der Waals surface area (Å²) in [6.07, 6.45) is 6.83. The van der Waals surface area contributed by atoms with Crippen LogP contribution in [0, 0.1) is 33.6 Å².